The van der Waals surface area contributed by atoms with E-state index < -0.39 is 10.4 Å². The van der Waals surface area contributed by atoms with E-state index in [0.29, 0.717) is 79.3 Å². The normalized spacial score (nSPS) is 13.7. The Morgan fingerprint density at radius 3 is 1.36 bits per heavy atom. The Morgan fingerprint density at radius 1 is 0.427 bits per heavy atom. The molecule has 3 aromatic carbocycles. The molecule has 23 heteroatoms. The summed E-state index contributed by atoms with van der Waals surface area (Å²) in [6, 6.07) is 38.7. The number of hydrogen-bond donors (Lipinski definition) is 0. The van der Waals surface area contributed by atoms with Gasteiger partial charge < -0.3 is 47.4 Å². The van der Waals surface area contributed by atoms with Crippen LogP contribution in [0.25, 0.3) is 80.0 Å². The molecule has 12 rings (SSSR count). The Balaban J connectivity index is 0.958. The van der Waals surface area contributed by atoms with Crippen molar-refractivity contribution in [2.45, 2.75) is 6.92 Å². The fourth-order valence-corrected chi connectivity index (χ4v) is 18.2. The lowest BCUT2D eigenvalue weighted by atomic mass is 9.99. The van der Waals surface area contributed by atoms with E-state index in [1.807, 2.05) is 12.1 Å². The van der Waals surface area contributed by atoms with Gasteiger partial charge in [0.05, 0.1) is 111 Å². The van der Waals surface area contributed by atoms with Crippen molar-refractivity contribution in [3.63, 3.8) is 0 Å². The maximum atomic E-state index is 6.11. The lowest BCUT2D eigenvalue weighted by Crippen LogP contribution is -2.30. The van der Waals surface area contributed by atoms with Crippen LogP contribution in [0.1, 0.15) is 21.7 Å². The van der Waals surface area contributed by atoms with Crippen LogP contribution in [0.3, 0.4) is 0 Å². The maximum Gasteiger partial charge on any atom is 0.238 e. The number of nitrogens with zero attached hydrogens (tertiary/aromatic N) is 6. The van der Waals surface area contributed by atoms with Crippen LogP contribution >= 0.6 is 79.2 Å². The van der Waals surface area contributed by atoms with E-state index in [4.69, 9.17) is 64.9 Å². The topological polar surface area (TPSA) is 152 Å². The quantitative estimate of drug-likeness (QED) is 0.0248. The van der Waals surface area contributed by atoms with Crippen LogP contribution in [0.4, 0.5) is 0 Å². The number of aryl methyl sites for hydroxylation is 1. The SMILES string of the molecule is COCCOCC#CS1(C#CCOCCOC)n2c(ccc2-c2ccc(-c3ccc(-c4ccc(OCCOCCOC)s4)c4nsnc34)s2)C(c2ccc(C)cc2)=C2C=CC(c3ccc(-c4ccc(-c5ccc(OCCOCCOC)s5)c5nsnc45)s3)=[N+]21. The number of thiophene rings is 4. The highest BCUT2D eigenvalue weighted by atomic mass is 32.3. The monoisotopic (exact) mass is 1320 g/mol. The van der Waals surface area contributed by atoms with Crippen LogP contribution in [-0.4, -0.2) is 152 Å². The molecule has 10 aromatic rings. The minimum absolute atomic E-state index is 0.165. The standard InChI is InChI=1S/C66H63N6O10S7/c1-44-8-10-45(11-9-44)62-52-18-16-50(58-22-20-54(83-58)46-12-14-48(65-63(46)67-87-69-65)56-24-26-60(85-56)81-40-38-79-36-32-75-4)71(52)89(42-6-28-77-34-30-73-2,43-7-29-78-35-31-74-3)72-51(17-19-53(62)72)59-23-21-55(84-59)47-13-15-49(66-64(47)68-88-70-66)57-25-27-61(86-57)82-41-39-80-37-33-76-5/h8-27H,28-41H2,1-5H3/q+1. The Kier molecular flexibility index (Phi) is 21.0. The molecule has 0 unspecified atom stereocenters. The van der Waals surface area contributed by atoms with Crippen LogP contribution in [0.2, 0.25) is 0 Å². The summed E-state index contributed by atoms with van der Waals surface area (Å²) in [5.74, 6) is 7.02. The molecule has 0 bridgehead atoms. The first-order valence-corrected chi connectivity index (χ1v) is 34.8. The first kappa shape index (κ1) is 62.5. The van der Waals surface area contributed by atoms with Gasteiger partial charge in [0.25, 0.3) is 0 Å². The van der Waals surface area contributed by atoms with E-state index in [1.54, 1.807) is 73.8 Å². The van der Waals surface area contributed by atoms with Crippen molar-refractivity contribution in [3.8, 4) is 84.8 Å². The molecule has 0 fully saturated rings. The molecule has 0 N–H and O–H groups in total. The number of allylic oxidation sites excluding steroid dienone is 2. The molecule has 16 nitrogen and oxygen atoms in total. The van der Waals surface area contributed by atoms with E-state index in [9.17, 15) is 0 Å². The van der Waals surface area contributed by atoms with Gasteiger partial charge in [-0.3, -0.25) is 0 Å². The fraction of sp³-hybridized carbons (Fsp3) is 0.288. The summed E-state index contributed by atoms with van der Waals surface area (Å²) < 4.78 is 80.9. The zero-order valence-electron chi connectivity index (χ0n) is 49.6. The van der Waals surface area contributed by atoms with Gasteiger partial charge in [-0.05, 0) is 73.2 Å². The highest BCUT2D eigenvalue weighted by Gasteiger charge is 2.51. The van der Waals surface area contributed by atoms with Gasteiger partial charge in [0.1, 0.15) is 53.4 Å². The summed E-state index contributed by atoms with van der Waals surface area (Å²) in [7, 11) is 3.88. The highest BCUT2D eigenvalue weighted by molar-refractivity contribution is 8.35. The van der Waals surface area contributed by atoms with Gasteiger partial charge in [0, 0.05) is 92.9 Å². The van der Waals surface area contributed by atoms with Crippen molar-refractivity contribution < 1.29 is 51.3 Å². The maximum absolute atomic E-state index is 6.11. The average Bonchev–Trinajstić information content (AvgIpc) is 1.61. The molecule has 7 aromatic heterocycles. The molecule has 0 amide bonds. The minimum Gasteiger partial charge on any atom is -0.482 e. The van der Waals surface area contributed by atoms with E-state index >= 15 is 0 Å². The summed E-state index contributed by atoms with van der Waals surface area (Å²) in [5.41, 5.74) is 14.6. The second-order valence-electron chi connectivity index (χ2n) is 20.0. The number of benzene rings is 3. The van der Waals surface area contributed by atoms with Crippen molar-refractivity contribution >= 4 is 113 Å². The van der Waals surface area contributed by atoms with Crippen molar-refractivity contribution in [3.05, 3.63) is 149 Å². The predicted molar refractivity (Wildman–Crippen MR) is 363 cm³/mol. The zero-order chi connectivity index (χ0) is 60.9. The van der Waals surface area contributed by atoms with Crippen LogP contribution in [-0.2, 0) is 37.9 Å². The van der Waals surface area contributed by atoms with Crippen LogP contribution in [0.5, 0.6) is 10.1 Å². The van der Waals surface area contributed by atoms with E-state index in [2.05, 4.69) is 146 Å². The summed E-state index contributed by atoms with van der Waals surface area (Å²) in [5, 5.41) is 9.37. The molecular weight excluding hydrogens is 1260 g/mol. The largest absolute Gasteiger partial charge is 0.482 e. The van der Waals surface area contributed by atoms with Crippen LogP contribution in [0, 0.1) is 29.3 Å². The summed E-state index contributed by atoms with van der Waals surface area (Å²) >= 11 is 9.00. The van der Waals surface area contributed by atoms with Gasteiger partial charge in [0.15, 0.2) is 20.5 Å². The first-order valence-electron chi connectivity index (χ1n) is 28.6. The molecule has 0 aliphatic carbocycles. The molecule has 2 aliphatic rings. The van der Waals surface area contributed by atoms with Gasteiger partial charge in [-0.2, -0.15) is 17.5 Å². The molecule has 0 saturated heterocycles. The number of fused-ring (bicyclic) bond motifs is 4. The molecule has 2 aliphatic heterocycles. The Hall–Kier alpha value is -6.72. The van der Waals surface area contributed by atoms with Crippen molar-refractivity contribution in [2.75, 3.05) is 121 Å². The highest BCUT2D eigenvalue weighted by Crippen LogP contribution is 2.61. The molecule has 0 saturated carbocycles. The minimum atomic E-state index is -2.78. The van der Waals surface area contributed by atoms with Crippen molar-refractivity contribution in [1.82, 2.24) is 21.5 Å². The number of hydrogen-bond acceptors (Lipinski definition) is 20. The van der Waals surface area contributed by atoms with Gasteiger partial charge >= 0.3 is 0 Å². The Morgan fingerprint density at radius 2 is 0.854 bits per heavy atom. The van der Waals surface area contributed by atoms with Crippen molar-refractivity contribution in [1.29, 1.82) is 0 Å². The molecule has 458 valence electrons. The number of ether oxygens (including phenoxy) is 10. The Bertz CT molecular complexity index is 4280. The average molecular weight is 1320 g/mol. The van der Waals surface area contributed by atoms with Crippen molar-refractivity contribution in [2.24, 2.45) is 0 Å². The van der Waals surface area contributed by atoms with Gasteiger partial charge in [0.2, 0.25) is 11.4 Å². The second-order valence-corrected chi connectivity index (χ2v) is 27.5. The third-order valence-electron chi connectivity index (χ3n) is 14.3. The summed E-state index contributed by atoms with van der Waals surface area (Å²) in [6.45, 7) is 8.10. The first-order chi connectivity index (χ1) is 43.9. The van der Waals surface area contributed by atoms with Crippen LogP contribution < -0.4 is 9.47 Å². The van der Waals surface area contributed by atoms with Gasteiger partial charge in [-0.15, -0.1) is 26.7 Å². The summed E-state index contributed by atoms with van der Waals surface area (Å²) in [6.07, 6.45) is 4.45. The number of methoxy groups -OCH3 is 4. The smallest absolute Gasteiger partial charge is 0.238 e. The Labute approximate surface area is 542 Å². The van der Waals surface area contributed by atoms with E-state index in [0.717, 1.165) is 123 Å². The number of rotatable bonds is 29. The lowest BCUT2D eigenvalue weighted by Gasteiger charge is -2.34. The molecule has 9 heterocycles. The molecular formula is C66H63N6O10S7+. The fourth-order valence-electron chi connectivity index (χ4n) is 10.1. The summed E-state index contributed by atoms with van der Waals surface area (Å²) in [4.78, 5) is 6.25. The molecule has 89 heavy (non-hydrogen) atoms. The van der Waals surface area contributed by atoms with E-state index in [1.165, 1.54) is 23.5 Å². The second kappa shape index (κ2) is 29.9. The van der Waals surface area contributed by atoms with E-state index in [-0.39, 0.29) is 13.2 Å². The third-order valence-corrected chi connectivity index (χ3v) is 22.4. The molecule has 0 atom stereocenters. The lowest BCUT2D eigenvalue weighted by molar-refractivity contribution is -0.281. The number of aromatic nitrogens is 5. The molecule has 0 radical (unpaired) electrons. The zero-order valence-corrected chi connectivity index (χ0v) is 55.3. The molecule has 0 spiro atoms. The van der Waals surface area contributed by atoms with Gasteiger partial charge in [-0.25, -0.2) is 3.97 Å². The third kappa shape index (κ3) is 13.7. The van der Waals surface area contributed by atoms with Crippen LogP contribution in [0.15, 0.2) is 127 Å². The van der Waals surface area contributed by atoms with Gasteiger partial charge in [-0.1, -0.05) is 88.6 Å². The predicted octanol–water partition coefficient (Wildman–Crippen LogP) is 14.0.